The Labute approximate surface area is 144 Å². The van der Waals surface area contributed by atoms with Gasteiger partial charge in [0.15, 0.2) is 0 Å². The Morgan fingerprint density at radius 2 is 2.04 bits per heavy atom. The number of hydrogen-bond donors (Lipinski definition) is 1. The van der Waals surface area contributed by atoms with E-state index in [0.717, 1.165) is 43.5 Å². The number of nitrogens with zero attached hydrogens (tertiary/aromatic N) is 3. The van der Waals surface area contributed by atoms with E-state index in [1.54, 1.807) is 0 Å². The van der Waals surface area contributed by atoms with Crippen LogP contribution in [0, 0.1) is 25.7 Å². The predicted octanol–water partition coefficient (Wildman–Crippen LogP) is 2.64. The first-order valence-corrected chi connectivity index (χ1v) is 8.95. The van der Waals surface area contributed by atoms with E-state index in [4.69, 9.17) is 11.6 Å². The van der Waals surface area contributed by atoms with Crippen molar-refractivity contribution in [2.45, 2.75) is 47.1 Å². The van der Waals surface area contributed by atoms with E-state index in [9.17, 15) is 4.79 Å². The maximum atomic E-state index is 12.2. The van der Waals surface area contributed by atoms with E-state index in [1.807, 2.05) is 25.5 Å². The quantitative estimate of drug-likeness (QED) is 0.866. The summed E-state index contributed by atoms with van der Waals surface area (Å²) < 4.78 is 1.83. The van der Waals surface area contributed by atoms with Crippen LogP contribution in [-0.4, -0.2) is 46.8 Å². The molecule has 0 aliphatic carbocycles. The molecule has 5 nitrogen and oxygen atoms in total. The predicted molar refractivity (Wildman–Crippen MR) is 93.7 cm³/mol. The lowest BCUT2D eigenvalue weighted by atomic mass is 9.99. The minimum atomic E-state index is -0.120. The molecule has 1 N–H and O–H groups in total. The molecule has 130 valence electrons. The molecule has 0 saturated carbocycles. The smallest absolute Gasteiger partial charge is 0.224 e. The van der Waals surface area contributed by atoms with E-state index in [-0.39, 0.29) is 11.8 Å². The standard InChI is InChI=1S/C17H29ClN4O/c1-12-5-8-21(9-6-12)10-7-19-17(23)13(2)11-22-15(4)16(18)14(3)20-22/h12-13H,5-11H2,1-4H3,(H,19,23)/t13-/m0/s1. The first-order valence-electron chi connectivity index (χ1n) is 8.58. The topological polar surface area (TPSA) is 50.2 Å². The fraction of sp³-hybridized carbons (Fsp3) is 0.765. The van der Waals surface area contributed by atoms with Gasteiger partial charge in [-0.3, -0.25) is 9.48 Å². The minimum Gasteiger partial charge on any atom is -0.355 e. The molecule has 1 amide bonds. The van der Waals surface area contributed by atoms with Crippen LogP contribution >= 0.6 is 11.6 Å². The van der Waals surface area contributed by atoms with Crippen LogP contribution in [0.15, 0.2) is 0 Å². The third-order valence-corrected chi connectivity index (χ3v) is 5.34. The highest BCUT2D eigenvalue weighted by molar-refractivity contribution is 6.31. The number of carbonyl (C=O) groups is 1. The second-order valence-corrected chi connectivity index (χ2v) is 7.26. The Morgan fingerprint density at radius 1 is 1.39 bits per heavy atom. The van der Waals surface area contributed by atoms with Gasteiger partial charge in [-0.1, -0.05) is 25.4 Å². The fourth-order valence-corrected chi connectivity index (χ4v) is 3.13. The van der Waals surface area contributed by atoms with Gasteiger partial charge < -0.3 is 10.2 Å². The van der Waals surface area contributed by atoms with Crippen molar-refractivity contribution in [1.29, 1.82) is 0 Å². The van der Waals surface area contributed by atoms with Crippen LogP contribution < -0.4 is 5.32 Å². The molecular weight excluding hydrogens is 312 g/mol. The molecule has 1 aliphatic rings. The van der Waals surface area contributed by atoms with Gasteiger partial charge in [0.25, 0.3) is 0 Å². The maximum Gasteiger partial charge on any atom is 0.224 e. The van der Waals surface area contributed by atoms with Gasteiger partial charge >= 0.3 is 0 Å². The molecule has 2 heterocycles. The van der Waals surface area contributed by atoms with Gasteiger partial charge in [0.1, 0.15) is 0 Å². The average Bonchev–Trinajstić information content (AvgIpc) is 2.76. The van der Waals surface area contributed by atoms with Crippen LogP contribution in [0.3, 0.4) is 0 Å². The molecular formula is C17H29ClN4O. The molecule has 1 aromatic rings. The highest BCUT2D eigenvalue weighted by Gasteiger charge is 2.18. The molecule has 1 saturated heterocycles. The number of piperidine rings is 1. The molecule has 1 fully saturated rings. The normalized spacial score (nSPS) is 18.1. The van der Waals surface area contributed by atoms with Crippen molar-refractivity contribution >= 4 is 17.5 Å². The van der Waals surface area contributed by atoms with Crippen molar-refractivity contribution in [1.82, 2.24) is 20.0 Å². The number of rotatable bonds is 6. The molecule has 0 aromatic carbocycles. The summed E-state index contributed by atoms with van der Waals surface area (Å²) in [6.07, 6.45) is 2.53. The van der Waals surface area contributed by atoms with Gasteiger partial charge in [-0.15, -0.1) is 0 Å². The molecule has 2 rings (SSSR count). The Kier molecular flexibility index (Phi) is 6.48. The summed E-state index contributed by atoms with van der Waals surface area (Å²) >= 11 is 6.15. The van der Waals surface area contributed by atoms with Crippen molar-refractivity contribution in [2.75, 3.05) is 26.2 Å². The SMILES string of the molecule is Cc1nn(C[C@H](C)C(=O)NCCN2CCC(C)CC2)c(C)c1Cl. The van der Waals surface area contributed by atoms with Crippen molar-refractivity contribution in [3.63, 3.8) is 0 Å². The Bertz CT molecular complexity index is 535. The highest BCUT2D eigenvalue weighted by atomic mass is 35.5. The number of amides is 1. The van der Waals surface area contributed by atoms with E-state index < -0.39 is 0 Å². The third kappa shape index (κ3) is 4.95. The fourth-order valence-electron chi connectivity index (χ4n) is 2.99. The zero-order valence-electron chi connectivity index (χ0n) is 14.7. The number of likely N-dealkylation sites (tertiary alicyclic amines) is 1. The number of halogens is 1. The Balaban J connectivity index is 1.73. The number of nitrogens with one attached hydrogen (secondary N) is 1. The van der Waals surface area contributed by atoms with Crippen molar-refractivity contribution in [3.8, 4) is 0 Å². The summed E-state index contributed by atoms with van der Waals surface area (Å²) in [5.74, 6) is 0.804. The minimum absolute atomic E-state index is 0.0825. The van der Waals surface area contributed by atoms with E-state index in [1.165, 1.54) is 12.8 Å². The van der Waals surface area contributed by atoms with Gasteiger partial charge in [0.2, 0.25) is 5.91 Å². The van der Waals surface area contributed by atoms with Crippen LogP contribution in [0.1, 0.15) is 38.1 Å². The molecule has 0 radical (unpaired) electrons. The monoisotopic (exact) mass is 340 g/mol. The second kappa shape index (κ2) is 8.15. The molecule has 0 spiro atoms. The van der Waals surface area contributed by atoms with Crippen LogP contribution in [-0.2, 0) is 11.3 Å². The van der Waals surface area contributed by atoms with Crippen LogP contribution in [0.4, 0.5) is 0 Å². The lowest BCUT2D eigenvalue weighted by molar-refractivity contribution is -0.125. The van der Waals surface area contributed by atoms with Gasteiger partial charge in [-0.05, 0) is 45.7 Å². The van der Waals surface area contributed by atoms with Gasteiger partial charge in [-0.25, -0.2) is 0 Å². The summed E-state index contributed by atoms with van der Waals surface area (Å²) in [6, 6.07) is 0. The lowest BCUT2D eigenvalue weighted by Crippen LogP contribution is -2.41. The van der Waals surface area contributed by atoms with Crippen molar-refractivity contribution in [2.24, 2.45) is 11.8 Å². The second-order valence-electron chi connectivity index (χ2n) is 6.88. The maximum absolute atomic E-state index is 12.2. The molecule has 0 bridgehead atoms. The van der Waals surface area contributed by atoms with E-state index in [2.05, 4.69) is 22.2 Å². The third-order valence-electron chi connectivity index (χ3n) is 4.79. The lowest BCUT2D eigenvalue weighted by Gasteiger charge is -2.30. The molecule has 23 heavy (non-hydrogen) atoms. The average molecular weight is 341 g/mol. The first kappa shape index (κ1) is 18.3. The summed E-state index contributed by atoms with van der Waals surface area (Å²) in [5, 5.41) is 8.13. The summed E-state index contributed by atoms with van der Waals surface area (Å²) in [7, 11) is 0. The van der Waals surface area contributed by atoms with Gasteiger partial charge in [0.05, 0.1) is 28.9 Å². The first-order chi connectivity index (χ1) is 10.9. The number of aryl methyl sites for hydroxylation is 1. The molecule has 1 aromatic heterocycles. The van der Waals surface area contributed by atoms with Gasteiger partial charge in [0, 0.05) is 13.1 Å². The Morgan fingerprint density at radius 3 is 2.61 bits per heavy atom. The summed E-state index contributed by atoms with van der Waals surface area (Å²) in [5.41, 5.74) is 1.74. The zero-order chi connectivity index (χ0) is 17.0. The molecule has 6 heteroatoms. The number of carbonyl (C=O) groups excluding carboxylic acids is 1. The van der Waals surface area contributed by atoms with Crippen LogP contribution in [0.25, 0.3) is 0 Å². The molecule has 0 unspecified atom stereocenters. The highest BCUT2D eigenvalue weighted by Crippen LogP contribution is 2.20. The largest absolute Gasteiger partial charge is 0.355 e. The van der Waals surface area contributed by atoms with Crippen molar-refractivity contribution < 1.29 is 4.79 Å². The van der Waals surface area contributed by atoms with Crippen LogP contribution in [0.5, 0.6) is 0 Å². The van der Waals surface area contributed by atoms with Crippen LogP contribution in [0.2, 0.25) is 5.02 Å². The van der Waals surface area contributed by atoms with E-state index >= 15 is 0 Å². The summed E-state index contributed by atoms with van der Waals surface area (Å²) in [4.78, 5) is 14.7. The van der Waals surface area contributed by atoms with Crippen molar-refractivity contribution in [3.05, 3.63) is 16.4 Å². The molecule has 1 aliphatic heterocycles. The number of hydrogen-bond acceptors (Lipinski definition) is 3. The number of aromatic nitrogens is 2. The molecule has 1 atom stereocenters. The Hall–Kier alpha value is -1.07. The zero-order valence-corrected chi connectivity index (χ0v) is 15.5. The van der Waals surface area contributed by atoms with Gasteiger partial charge in [-0.2, -0.15) is 5.10 Å². The van der Waals surface area contributed by atoms with E-state index in [0.29, 0.717) is 11.6 Å². The summed E-state index contributed by atoms with van der Waals surface area (Å²) in [6.45, 7) is 12.6.